The van der Waals surface area contributed by atoms with Crippen LogP contribution in [0.5, 0.6) is 11.6 Å². The average Bonchev–Trinajstić information content (AvgIpc) is 2.59. The second-order valence-electron chi connectivity index (χ2n) is 6.58. The van der Waals surface area contributed by atoms with Crippen molar-refractivity contribution < 1.29 is 17.9 Å². The van der Waals surface area contributed by atoms with Gasteiger partial charge in [0.2, 0.25) is 11.8 Å². The van der Waals surface area contributed by atoms with Crippen molar-refractivity contribution in [1.82, 2.24) is 4.98 Å². The minimum Gasteiger partial charge on any atom is -0.439 e. The third-order valence-corrected chi connectivity index (χ3v) is 5.74. The third-order valence-electron chi connectivity index (χ3n) is 4.13. The molecule has 0 spiro atoms. The molecule has 2 rings (SSSR count). The first-order valence-electron chi connectivity index (χ1n) is 9.00. The molecule has 0 aliphatic rings. The average molecular weight is 391 g/mol. The zero-order chi connectivity index (χ0) is 19.9. The van der Waals surface area contributed by atoms with Crippen molar-refractivity contribution >= 4 is 21.4 Å². The van der Waals surface area contributed by atoms with Crippen LogP contribution in [-0.4, -0.2) is 30.8 Å². The topological polar surface area (TPSA) is 85.4 Å². The van der Waals surface area contributed by atoms with Crippen LogP contribution in [0.3, 0.4) is 0 Å². The highest BCUT2D eigenvalue weighted by atomic mass is 32.2. The van der Waals surface area contributed by atoms with E-state index in [-0.39, 0.29) is 5.75 Å². The molecule has 0 fully saturated rings. The van der Waals surface area contributed by atoms with E-state index in [4.69, 9.17) is 4.74 Å². The van der Waals surface area contributed by atoms with Gasteiger partial charge in [-0.05, 0) is 49.6 Å². The van der Waals surface area contributed by atoms with E-state index in [1.165, 1.54) is 11.8 Å². The standard InChI is InChI=1S/C20H26N2O4S/c1-4-5-6-11-27(24,25)14-19(23)22-17-8-10-20(21-13-17)26-18-9-7-15(2)16(3)12-18/h7-10,12-13H,4-6,11,14H2,1-3H3,(H,22,23). The summed E-state index contributed by atoms with van der Waals surface area (Å²) in [5.74, 6) is 0.0347. The summed E-state index contributed by atoms with van der Waals surface area (Å²) in [5, 5.41) is 2.56. The summed E-state index contributed by atoms with van der Waals surface area (Å²) in [4.78, 5) is 16.1. The molecule has 0 radical (unpaired) electrons. The van der Waals surface area contributed by atoms with Gasteiger partial charge in [-0.25, -0.2) is 13.4 Å². The first-order valence-corrected chi connectivity index (χ1v) is 10.8. The van der Waals surface area contributed by atoms with Crippen molar-refractivity contribution in [2.45, 2.75) is 40.0 Å². The maximum Gasteiger partial charge on any atom is 0.239 e. The van der Waals surface area contributed by atoms with E-state index in [1.54, 1.807) is 12.1 Å². The number of hydrogen-bond acceptors (Lipinski definition) is 5. The number of anilines is 1. The summed E-state index contributed by atoms with van der Waals surface area (Å²) in [6.07, 6.45) is 3.80. The first-order chi connectivity index (χ1) is 12.8. The Hall–Kier alpha value is -2.41. The highest BCUT2D eigenvalue weighted by Crippen LogP contribution is 2.23. The molecule has 0 saturated carbocycles. The lowest BCUT2D eigenvalue weighted by Crippen LogP contribution is -2.24. The van der Waals surface area contributed by atoms with Crippen molar-refractivity contribution in [3.8, 4) is 11.6 Å². The number of benzene rings is 1. The Bertz CT molecular complexity index is 877. The summed E-state index contributed by atoms with van der Waals surface area (Å²) < 4.78 is 29.5. The van der Waals surface area contributed by atoms with Crippen molar-refractivity contribution in [2.75, 3.05) is 16.8 Å². The Labute approximate surface area is 160 Å². The van der Waals surface area contributed by atoms with Gasteiger partial charge in [0.05, 0.1) is 17.6 Å². The van der Waals surface area contributed by atoms with Crippen LogP contribution in [0, 0.1) is 13.8 Å². The maximum atomic E-state index is 12.0. The molecule has 1 N–H and O–H groups in total. The summed E-state index contributed by atoms with van der Waals surface area (Å²) in [5.41, 5.74) is 2.73. The van der Waals surface area contributed by atoms with Crippen LogP contribution >= 0.6 is 0 Å². The molecule has 7 heteroatoms. The van der Waals surface area contributed by atoms with E-state index >= 15 is 0 Å². The number of carbonyl (C=O) groups excluding carboxylic acids is 1. The number of rotatable bonds is 9. The maximum absolute atomic E-state index is 12.0. The summed E-state index contributed by atoms with van der Waals surface area (Å²) in [7, 11) is -3.39. The fraction of sp³-hybridized carbons (Fsp3) is 0.400. The molecule has 0 atom stereocenters. The molecular formula is C20H26N2O4S. The molecule has 1 heterocycles. The molecule has 0 unspecified atom stereocenters. The second-order valence-corrected chi connectivity index (χ2v) is 8.76. The van der Waals surface area contributed by atoms with Crippen LogP contribution in [0.15, 0.2) is 36.5 Å². The second kappa shape index (κ2) is 9.50. The van der Waals surface area contributed by atoms with E-state index in [9.17, 15) is 13.2 Å². The summed E-state index contributed by atoms with van der Waals surface area (Å²) >= 11 is 0. The lowest BCUT2D eigenvalue weighted by molar-refractivity contribution is -0.113. The van der Waals surface area contributed by atoms with E-state index in [1.807, 2.05) is 39.0 Å². The van der Waals surface area contributed by atoms with Gasteiger partial charge in [0.1, 0.15) is 11.5 Å². The highest BCUT2D eigenvalue weighted by Gasteiger charge is 2.16. The molecule has 1 aromatic heterocycles. The molecule has 27 heavy (non-hydrogen) atoms. The predicted octanol–water partition coefficient (Wildman–Crippen LogP) is 4.03. The fourth-order valence-electron chi connectivity index (χ4n) is 2.45. The Morgan fingerprint density at radius 1 is 1.11 bits per heavy atom. The number of aromatic nitrogens is 1. The van der Waals surface area contributed by atoms with Crippen molar-refractivity contribution in [3.63, 3.8) is 0 Å². The Morgan fingerprint density at radius 3 is 2.52 bits per heavy atom. The fourth-order valence-corrected chi connectivity index (χ4v) is 3.71. The van der Waals surface area contributed by atoms with Gasteiger partial charge in [0.15, 0.2) is 9.84 Å². The lowest BCUT2D eigenvalue weighted by Gasteiger charge is -2.09. The van der Waals surface area contributed by atoms with Crippen LogP contribution in [0.1, 0.15) is 37.3 Å². The van der Waals surface area contributed by atoms with E-state index in [2.05, 4.69) is 10.3 Å². The SMILES string of the molecule is CCCCCS(=O)(=O)CC(=O)Nc1ccc(Oc2ccc(C)c(C)c2)nc1. The molecule has 0 bridgehead atoms. The van der Waals surface area contributed by atoms with Crippen LogP contribution in [0.25, 0.3) is 0 Å². The van der Waals surface area contributed by atoms with E-state index in [0.717, 1.165) is 18.4 Å². The number of ether oxygens (including phenoxy) is 1. The molecule has 0 aliphatic heterocycles. The molecule has 6 nitrogen and oxygen atoms in total. The van der Waals surface area contributed by atoms with Gasteiger partial charge in [-0.15, -0.1) is 0 Å². The van der Waals surface area contributed by atoms with Gasteiger partial charge < -0.3 is 10.1 Å². The summed E-state index contributed by atoms with van der Waals surface area (Å²) in [6.45, 7) is 6.03. The van der Waals surface area contributed by atoms with Crippen molar-refractivity contribution in [2.24, 2.45) is 0 Å². The normalized spacial score (nSPS) is 11.2. The monoisotopic (exact) mass is 390 g/mol. The Balaban J connectivity index is 1.91. The Morgan fingerprint density at radius 2 is 1.89 bits per heavy atom. The molecule has 0 saturated heterocycles. The minimum absolute atomic E-state index is 0.0370. The lowest BCUT2D eigenvalue weighted by atomic mass is 10.1. The first kappa shape index (κ1) is 20.9. The van der Waals surface area contributed by atoms with Gasteiger partial charge in [0, 0.05) is 6.07 Å². The van der Waals surface area contributed by atoms with Crippen LogP contribution in [0.2, 0.25) is 0 Å². The molecule has 1 amide bonds. The van der Waals surface area contributed by atoms with Crippen LogP contribution < -0.4 is 10.1 Å². The zero-order valence-electron chi connectivity index (χ0n) is 16.0. The van der Waals surface area contributed by atoms with E-state index in [0.29, 0.717) is 23.7 Å². The van der Waals surface area contributed by atoms with E-state index < -0.39 is 21.5 Å². The third kappa shape index (κ3) is 7.02. The number of nitrogens with one attached hydrogen (secondary N) is 1. The molecule has 1 aromatic carbocycles. The molecule has 146 valence electrons. The largest absolute Gasteiger partial charge is 0.439 e. The number of pyridine rings is 1. The van der Waals surface area contributed by atoms with Crippen LogP contribution in [0.4, 0.5) is 5.69 Å². The Kier molecular flexibility index (Phi) is 7.36. The number of amides is 1. The zero-order valence-corrected chi connectivity index (χ0v) is 16.8. The smallest absolute Gasteiger partial charge is 0.239 e. The van der Waals surface area contributed by atoms with Gasteiger partial charge in [-0.1, -0.05) is 25.8 Å². The van der Waals surface area contributed by atoms with Crippen LogP contribution in [-0.2, 0) is 14.6 Å². The predicted molar refractivity (Wildman–Crippen MR) is 107 cm³/mol. The molecular weight excluding hydrogens is 364 g/mol. The number of hydrogen-bond donors (Lipinski definition) is 1. The number of aryl methyl sites for hydroxylation is 2. The number of sulfone groups is 1. The van der Waals surface area contributed by atoms with Crippen molar-refractivity contribution in [1.29, 1.82) is 0 Å². The minimum atomic E-state index is -3.39. The highest BCUT2D eigenvalue weighted by molar-refractivity contribution is 7.92. The van der Waals surface area contributed by atoms with Gasteiger partial charge in [0.25, 0.3) is 0 Å². The van der Waals surface area contributed by atoms with Gasteiger partial charge >= 0.3 is 0 Å². The molecule has 0 aliphatic carbocycles. The molecule has 2 aromatic rings. The van der Waals surface area contributed by atoms with Gasteiger partial charge in [-0.2, -0.15) is 0 Å². The number of carbonyl (C=O) groups is 1. The van der Waals surface area contributed by atoms with Crippen molar-refractivity contribution in [3.05, 3.63) is 47.7 Å². The van der Waals surface area contributed by atoms with Gasteiger partial charge in [-0.3, -0.25) is 4.79 Å². The number of unbranched alkanes of at least 4 members (excludes halogenated alkanes) is 2. The quantitative estimate of drug-likeness (QED) is 0.653. The number of nitrogens with zero attached hydrogens (tertiary/aromatic N) is 1. The summed E-state index contributed by atoms with van der Waals surface area (Å²) in [6, 6.07) is 9.02.